The normalized spacial score (nSPS) is 15.8. The van der Waals surface area contributed by atoms with Gasteiger partial charge in [-0.25, -0.2) is 14.7 Å². The fourth-order valence-corrected chi connectivity index (χ4v) is 1.44. The summed E-state index contributed by atoms with van der Waals surface area (Å²) in [5, 5.41) is 2.06. The summed E-state index contributed by atoms with van der Waals surface area (Å²) in [6.45, 7) is 0. The number of carbonyl (C=O) groups excluding carboxylic acids is 3. The number of barbiturate groups is 1. The first-order valence-corrected chi connectivity index (χ1v) is 4.78. The Morgan fingerprint density at radius 2 is 2.12 bits per heavy atom. The van der Waals surface area contributed by atoms with Gasteiger partial charge in [-0.05, 0) is 6.07 Å². The number of nitrogens with one attached hydrogen (secondary N) is 1. The zero-order valence-corrected chi connectivity index (χ0v) is 8.97. The minimum absolute atomic E-state index is 0.292. The quantitative estimate of drug-likeness (QED) is 0.732. The molecular weight excluding hydrogens is 226 g/mol. The molecule has 1 aromatic heterocycles. The van der Waals surface area contributed by atoms with Crippen LogP contribution in [0.25, 0.3) is 0 Å². The maximum absolute atomic E-state index is 11.6. The lowest BCUT2D eigenvalue weighted by Crippen LogP contribution is -2.52. The number of amides is 4. The molecule has 4 amide bonds. The van der Waals surface area contributed by atoms with E-state index in [4.69, 9.17) is 4.74 Å². The fourth-order valence-electron chi connectivity index (χ4n) is 1.44. The van der Waals surface area contributed by atoms with E-state index in [0.29, 0.717) is 11.6 Å². The summed E-state index contributed by atoms with van der Waals surface area (Å²) in [6, 6.07) is 2.27. The van der Waals surface area contributed by atoms with Gasteiger partial charge in [-0.2, -0.15) is 0 Å². The van der Waals surface area contributed by atoms with Crippen LogP contribution in [0.2, 0.25) is 0 Å². The number of urea groups is 1. The van der Waals surface area contributed by atoms with Gasteiger partial charge in [-0.1, -0.05) is 0 Å². The second-order valence-electron chi connectivity index (χ2n) is 3.32. The van der Waals surface area contributed by atoms with Crippen LogP contribution in [-0.4, -0.2) is 29.9 Å². The van der Waals surface area contributed by atoms with E-state index in [2.05, 4.69) is 10.3 Å². The number of nitrogens with zero attached hydrogens (tertiary/aromatic N) is 2. The summed E-state index contributed by atoms with van der Waals surface area (Å²) >= 11 is 0. The molecule has 0 bridgehead atoms. The summed E-state index contributed by atoms with van der Waals surface area (Å²) in [7, 11) is 1.46. The van der Waals surface area contributed by atoms with Gasteiger partial charge >= 0.3 is 6.03 Å². The highest BCUT2D eigenvalue weighted by Gasteiger charge is 2.32. The van der Waals surface area contributed by atoms with Gasteiger partial charge < -0.3 is 4.74 Å². The van der Waals surface area contributed by atoms with Crippen LogP contribution in [0.1, 0.15) is 6.42 Å². The van der Waals surface area contributed by atoms with E-state index < -0.39 is 17.8 Å². The first-order valence-electron chi connectivity index (χ1n) is 4.78. The maximum Gasteiger partial charge on any atom is 0.335 e. The number of anilines is 1. The van der Waals surface area contributed by atoms with E-state index in [-0.39, 0.29) is 6.42 Å². The predicted molar refractivity (Wildman–Crippen MR) is 56.4 cm³/mol. The number of imide groups is 2. The van der Waals surface area contributed by atoms with E-state index in [1.807, 2.05) is 0 Å². The first-order chi connectivity index (χ1) is 8.11. The standard InChI is InChI=1S/C10H9N3O4/c1-17-8-3-2-6(5-11-8)13-9(15)4-7(14)12-10(13)16/h2-3,5H,4H2,1H3,(H,12,14,16). The first kappa shape index (κ1) is 11.1. The molecule has 0 radical (unpaired) electrons. The molecule has 7 nitrogen and oxygen atoms in total. The van der Waals surface area contributed by atoms with Gasteiger partial charge in [0.25, 0.3) is 0 Å². The predicted octanol–water partition coefficient (Wildman–Crippen LogP) is 0.0631. The van der Waals surface area contributed by atoms with E-state index in [9.17, 15) is 14.4 Å². The molecule has 1 aromatic rings. The molecule has 0 saturated carbocycles. The number of pyridine rings is 1. The average molecular weight is 235 g/mol. The number of hydrogen-bond acceptors (Lipinski definition) is 5. The number of rotatable bonds is 2. The van der Waals surface area contributed by atoms with Crippen molar-refractivity contribution in [3.8, 4) is 5.88 Å². The van der Waals surface area contributed by atoms with Gasteiger partial charge in [0.1, 0.15) is 6.42 Å². The SMILES string of the molecule is COc1ccc(N2C(=O)CC(=O)NC2=O)cn1. The molecule has 1 N–H and O–H groups in total. The lowest BCUT2D eigenvalue weighted by Gasteiger charge is -2.24. The second kappa shape index (κ2) is 4.20. The lowest BCUT2D eigenvalue weighted by atomic mass is 10.2. The molecule has 88 valence electrons. The lowest BCUT2D eigenvalue weighted by molar-refractivity contribution is -0.128. The molecule has 2 heterocycles. The maximum atomic E-state index is 11.6. The van der Waals surface area contributed by atoms with Crippen molar-refractivity contribution in [2.45, 2.75) is 6.42 Å². The second-order valence-corrected chi connectivity index (χ2v) is 3.32. The highest BCUT2D eigenvalue weighted by atomic mass is 16.5. The Labute approximate surface area is 96.4 Å². The third-order valence-electron chi connectivity index (χ3n) is 2.20. The van der Waals surface area contributed by atoms with Crippen molar-refractivity contribution in [1.29, 1.82) is 0 Å². The topological polar surface area (TPSA) is 88.6 Å². The largest absolute Gasteiger partial charge is 0.481 e. The Kier molecular flexibility index (Phi) is 2.73. The minimum atomic E-state index is -0.766. The minimum Gasteiger partial charge on any atom is -0.481 e. The number of hydrogen-bond donors (Lipinski definition) is 1. The molecule has 2 rings (SSSR count). The van der Waals surface area contributed by atoms with Crippen LogP contribution >= 0.6 is 0 Å². The van der Waals surface area contributed by atoms with Crippen molar-refractivity contribution in [2.75, 3.05) is 12.0 Å². The van der Waals surface area contributed by atoms with Crippen LogP contribution in [0.5, 0.6) is 5.88 Å². The van der Waals surface area contributed by atoms with E-state index >= 15 is 0 Å². The van der Waals surface area contributed by atoms with Gasteiger partial charge in [0, 0.05) is 6.07 Å². The highest BCUT2D eigenvalue weighted by molar-refractivity contribution is 6.26. The Morgan fingerprint density at radius 1 is 1.35 bits per heavy atom. The summed E-state index contributed by atoms with van der Waals surface area (Å²) in [4.78, 5) is 38.7. The highest BCUT2D eigenvalue weighted by Crippen LogP contribution is 2.18. The molecule has 0 aliphatic carbocycles. The number of methoxy groups -OCH3 is 1. The zero-order valence-electron chi connectivity index (χ0n) is 8.97. The van der Waals surface area contributed by atoms with Crippen LogP contribution < -0.4 is 15.0 Å². The smallest absolute Gasteiger partial charge is 0.335 e. The molecule has 0 aromatic carbocycles. The van der Waals surface area contributed by atoms with Crippen molar-refractivity contribution >= 4 is 23.5 Å². The average Bonchev–Trinajstić information content (AvgIpc) is 2.28. The summed E-state index contributed by atoms with van der Waals surface area (Å²) < 4.78 is 4.86. The van der Waals surface area contributed by atoms with Crippen molar-refractivity contribution in [1.82, 2.24) is 10.3 Å². The van der Waals surface area contributed by atoms with Gasteiger partial charge in [0.15, 0.2) is 0 Å². The molecule has 1 fully saturated rings. The van der Waals surface area contributed by atoms with Gasteiger partial charge in [-0.15, -0.1) is 0 Å². The van der Waals surface area contributed by atoms with Crippen LogP contribution in [0, 0.1) is 0 Å². The number of carbonyl (C=O) groups is 3. The Morgan fingerprint density at radius 3 is 2.65 bits per heavy atom. The zero-order chi connectivity index (χ0) is 12.4. The van der Waals surface area contributed by atoms with Crippen LogP contribution in [0.15, 0.2) is 18.3 Å². The fraction of sp³-hybridized carbons (Fsp3) is 0.200. The Hall–Kier alpha value is -2.44. The third-order valence-corrected chi connectivity index (χ3v) is 2.20. The monoisotopic (exact) mass is 235 g/mol. The van der Waals surface area contributed by atoms with Gasteiger partial charge in [-0.3, -0.25) is 14.9 Å². The van der Waals surface area contributed by atoms with Crippen molar-refractivity contribution in [3.63, 3.8) is 0 Å². The molecular formula is C10H9N3O4. The molecule has 7 heteroatoms. The molecule has 1 aliphatic heterocycles. The molecule has 0 unspecified atom stereocenters. The summed E-state index contributed by atoms with van der Waals surface area (Å²) in [5.41, 5.74) is 0.292. The molecule has 1 saturated heterocycles. The van der Waals surface area contributed by atoms with Crippen molar-refractivity contribution in [2.24, 2.45) is 0 Å². The van der Waals surface area contributed by atoms with Crippen LogP contribution in [-0.2, 0) is 9.59 Å². The van der Waals surface area contributed by atoms with Gasteiger partial charge in [0.2, 0.25) is 17.7 Å². The number of aromatic nitrogens is 1. The Balaban J connectivity index is 2.28. The van der Waals surface area contributed by atoms with Crippen LogP contribution in [0.4, 0.5) is 10.5 Å². The molecule has 0 spiro atoms. The molecule has 0 atom stereocenters. The third kappa shape index (κ3) is 2.07. The van der Waals surface area contributed by atoms with Crippen LogP contribution in [0.3, 0.4) is 0 Å². The van der Waals surface area contributed by atoms with E-state index in [0.717, 1.165) is 4.90 Å². The molecule has 1 aliphatic rings. The van der Waals surface area contributed by atoms with Crippen molar-refractivity contribution < 1.29 is 19.1 Å². The van der Waals surface area contributed by atoms with E-state index in [1.165, 1.54) is 25.4 Å². The number of ether oxygens (including phenoxy) is 1. The summed E-state index contributed by atoms with van der Waals surface area (Å²) in [6.07, 6.45) is 0.976. The summed E-state index contributed by atoms with van der Waals surface area (Å²) in [5.74, 6) is -0.807. The van der Waals surface area contributed by atoms with E-state index in [1.54, 1.807) is 0 Å². The van der Waals surface area contributed by atoms with Crippen molar-refractivity contribution in [3.05, 3.63) is 18.3 Å². The van der Waals surface area contributed by atoms with Gasteiger partial charge in [0.05, 0.1) is 19.0 Å². The Bertz CT molecular complexity index is 463. The molecule has 17 heavy (non-hydrogen) atoms.